The molecule has 0 aromatic carbocycles. The van der Waals surface area contributed by atoms with Gasteiger partial charge in [-0.1, -0.05) is 32.1 Å². The summed E-state index contributed by atoms with van der Waals surface area (Å²) in [6.07, 6.45) is 2.78. The summed E-state index contributed by atoms with van der Waals surface area (Å²) >= 11 is 0. The Labute approximate surface area is 96.5 Å². The van der Waals surface area contributed by atoms with Gasteiger partial charge in [-0.2, -0.15) is 0 Å². The van der Waals surface area contributed by atoms with E-state index in [0.717, 1.165) is 6.42 Å². The van der Waals surface area contributed by atoms with Crippen LogP contribution >= 0.6 is 0 Å². The minimum absolute atomic E-state index is 0.00439. The molecule has 15 heavy (non-hydrogen) atoms. The second-order valence-corrected chi connectivity index (χ2v) is 16.4. The Hall–Kier alpha value is -0.0962. The molecular formula is C11H26O2Si2. The van der Waals surface area contributed by atoms with Gasteiger partial charge in [0, 0.05) is 14.5 Å². The van der Waals surface area contributed by atoms with Crippen molar-refractivity contribution in [2.75, 3.05) is 0 Å². The molecule has 0 aliphatic heterocycles. The van der Waals surface area contributed by atoms with Gasteiger partial charge in [0.25, 0.3) is 5.97 Å². The van der Waals surface area contributed by atoms with Crippen LogP contribution in [0.4, 0.5) is 0 Å². The van der Waals surface area contributed by atoms with Crippen molar-refractivity contribution < 1.29 is 9.22 Å². The molecule has 0 aromatic rings. The van der Waals surface area contributed by atoms with Crippen LogP contribution in [0.25, 0.3) is 0 Å². The lowest BCUT2D eigenvalue weighted by molar-refractivity contribution is -0.135. The van der Waals surface area contributed by atoms with Gasteiger partial charge in [0.2, 0.25) is 8.32 Å². The fourth-order valence-electron chi connectivity index (χ4n) is 1.32. The molecule has 0 rings (SSSR count). The molecule has 0 aliphatic rings. The van der Waals surface area contributed by atoms with Gasteiger partial charge in [-0.15, -0.1) is 0 Å². The highest BCUT2D eigenvalue weighted by molar-refractivity contribution is 6.76. The number of unbranched alkanes of at least 4 members (excludes halogenated alkanes) is 1. The van der Waals surface area contributed by atoms with Gasteiger partial charge in [-0.05, 0) is 26.1 Å². The van der Waals surface area contributed by atoms with Crippen molar-refractivity contribution in [2.45, 2.75) is 64.6 Å². The van der Waals surface area contributed by atoms with E-state index in [9.17, 15) is 4.79 Å². The van der Waals surface area contributed by atoms with Crippen molar-refractivity contribution in [1.82, 2.24) is 0 Å². The van der Waals surface area contributed by atoms with Crippen molar-refractivity contribution in [3.05, 3.63) is 0 Å². The Morgan fingerprint density at radius 1 is 1.00 bits per heavy atom. The molecule has 0 radical (unpaired) electrons. The van der Waals surface area contributed by atoms with E-state index in [4.69, 9.17) is 4.43 Å². The van der Waals surface area contributed by atoms with Gasteiger partial charge in [-0.25, -0.2) is 0 Å². The highest BCUT2D eigenvalue weighted by Gasteiger charge is 2.19. The summed E-state index contributed by atoms with van der Waals surface area (Å²) in [4.78, 5) is 11.4. The minimum atomic E-state index is -1.66. The van der Waals surface area contributed by atoms with Crippen LogP contribution in [0.1, 0.15) is 19.3 Å². The molecule has 0 unspecified atom stereocenters. The largest absolute Gasteiger partial charge is 0.520 e. The van der Waals surface area contributed by atoms with Crippen molar-refractivity contribution >= 4 is 22.4 Å². The zero-order valence-electron chi connectivity index (χ0n) is 11.1. The standard InChI is InChI=1S/C11H26O2Si2/c1-14(2,3)10-8-7-9-11(12)13-15(4,5)6/h7-10H2,1-6H3. The Balaban J connectivity index is 3.57. The zero-order chi connectivity index (χ0) is 12.1. The highest BCUT2D eigenvalue weighted by atomic mass is 28.4. The number of rotatable bonds is 6. The molecule has 0 saturated heterocycles. The minimum Gasteiger partial charge on any atom is -0.520 e. The maximum atomic E-state index is 11.4. The first-order valence-corrected chi connectivity index (χ1v) is 12.9. The van der Waals surface area contributed by atoms with Crippen LogP contribution in [-0.2, 0) is 9.22 Å². The summed E-state index contributed by atoms with van der Waals surface area (Å²) in [7, 11) is -2.58. The number of carbonyl (C=O) groups excluding carboxylic acids is 1. The molecule has 2 nitrogen and oxygen atoms in total. The SMILES string of the molecule is C[Si](C)(C)CCCCC(=O)O[Si](C)(C)C. The van der Waals surface area contributed by atoms with Crippen LogP contribution in [0, 0.1) is 0 Å². The number of hydrogen-bond donors (Lipinski definition) is 0. The van der Waals surface area contributed by atoms with Gasteiger partial charge in [0.15, 0.2) is 0 Å². The van der Waals surface area contributed by atoms with E-state index < -0.39 is 16.4 Å². The Kier molecular flexibility index (Phi) is 5.81. The van der Waals surface area contributed by atoms with E-state index in [1.165, 1.54) is 12.5 Å². The maximum absolute atomic E-state index is 11.4. The summed E-state index contributed by atoms with van der Waals surface area (Å²) in [6.45, 7) is 13.3. The van der Waals surface area contributed by atoms with Crippen molar-refractivity contribution in [2.24, 2.45) is 0 Å². The monoisotopic (exact) mass is 246 g/mol. The van der Waals surface area contributed by atoms with E-state index in [1.54, 1.807) is 0 Å². The summed E-state index contributed by atoms with van der Waals surface area (Å²) in [5, 5.41) is 0. The van der Waals surface area contributed by atoms with Gasteiger partial charge >= 0.3 is 0 Å². The topological polar surface area (TPSA) is 26.3 Å². The Bertz CT molecular complexity index is 202. The van der Waals surface area contributed by atoms with Crippen LogP contribution in [0.5, 0.6) is 0 Å². The number of hydrogen-bond acceptors (Lipinski definition) is 2. The molecule has 0 fully saturated rings. The van der Waals surface area contributed by atoms with Gasteiger partial charge < -0.3 is 4.43 Å². The van der Waals surface area contributed by atoms with Crippen molar-refractivity contribution in [3.63, 3.8) is 0 Å². The fourth-order valence-corrected chi connectivity index (χ4v) is 3.41. The third-order valence-corrected chi connectivity index (χ3v) is 4.67. The fraction of sp³-hybridized carbons (Fsp3) is 0.909. The van der Waals surface area contributed by atoms with Crippen molar-refractivity contribution in [3.8, 4) is 0 Å². The summed E-state index contributed by atoms with van der Waals surface area (Å²) < 4.78 is 5.38. The predicted molar refractivity (Wildman–Crippen MR) is 71.4 cm³/mol. The third-order valence-electron chi connectivity index (χ3n) is 1.98. The van der Waals surface area contributed by atoms with Gasteiger partial charge in [-0.3, -0.25) is 4.79 Å². The molecule has 0 spiro atoms. The summed E-state index contributed by atoms with van der Waals surface area (Å²) in [5.41, 5.74) is 0. The van der Waals surface area contributed by atoms with Crippen molar-refractivity contribution in [1.29, 1.82) is 0 Å². The first-order valence-electron chi connectivity index (χ1n) is 5.82. The highest BCUT2D eigenvalue weighted by Crippen LogP contribution is 2.14. The van der Waals surface area contributed by atoms with E-state index >= 15 is 0 Å². The van der Waals surface area contributed by atoms with E-state index in [2.05, 4.69) is 19.6 Å². The van der Waals surface area contributed by atoms with Crippen LogP contribution in [0.3, 0.4) is 0 Å². The molecule has 4 heteroatoms. The Morgan fingerprint density at radius 2 is 1.53 bits per heavy atom. The number of carbonyl (C=O) groups is 1. The Morgan fingerprint density at radius 3 is 1.93 bits per heavy atom. The van der Waals surface area contributed by atoms with Crippen LogP contribution in [-0.4, -0.2) is 22.4 Å². The lowest BCUT2D eigenvalue weighted by atomic mass is 10.2. The lowest BCUT2D eigenvalue weighted by Gasteiger charge is -2.18. The maximum Gasteiger partial charge on any atom is 0.292 e. The quantitative estimate of drug-likeness (QED) is 0.525. The van der Waals surface area contributed by atoms with E-state index in [-0.39, 0.29) is 5.97 Å². The van der Waals surface area contributed by atoms with Crippen LogP contribution in [0.15, 0.2) is 0 Å². The normalized spacial score (nSPS) is 12.7. The predicted octanol–water partition coefficient (Wildman–Crippen LogP) is 3.87. The average molecular weight is 246 g/mol. The second kappa shape index (κ2) is 5.84. The van der Waals surface area contributed by atoms with E-state index in [0.29, 0.717) is 6.42 Å². The van der Waals surface area contributed by atoms with E-state index in [1.807, 2.05) is 19.6 Å². The van der Waals surface area contributed by atoms with Crippen LogP contribution in [0.2, 0.25) is 45.3 Å². The third kappa shape index (κ3) is 11.8. The molecule has 0 bridgehead atoms. The molecule has 0 aromatic heterocycles. The first kappa shape index (κ1) is 14.9. The average Bonchev–Trinajstić information content (AvgIpc) is 1.92. The summed E-state index contributed by atoms with van der Waals surface area (Å²) in [5.74, 6) is 0.00439. The molecule has 0 atom stereocenters. The molecule has 0 N–H and O–H groups in total. The molecular weight excluding hydrogens is 220 g/mol. The molecule has 0 amide bonds. The smallest absolute Gasteiger partial charge is 0.292 e. The molecule has 0 heterocycles. The van der Waals surface area contributed by atoms with Crippen LogP contribution < -0.4 is 0 Å². The molecule has 0 saturated carbocycles. The second-order valence-electron chi connectivity index (χ2n) is 6.35. The van der Waals surface area contributed by atoms with Gasteiger partial charge in [0.05, 0.1) is 0 Å². The molecule has 90 valence electrons. The molecule has 0 aliphatic carbocycles. The lowest BCUT2D eigenvalue weighted by Crippen LogP contribution is -2.29. The summed E-state index contributed by atoms with van der Waals surface area (Å²) in [6, 6.07) is 1.31. The zero-order valence-corrected chi connectivity index (χ0v) is 13.1. The first-order chi connectivity index (χ1) is 6.60. The van der Waals surface area contributed by atoms with Gasteiger partial charge in [0.1, 0.15) is 0 Å².